The van der Waals surface area contributed by atoms with E-state index in [1.807, 2.05) is 35.2 Å². The number of hydrogen-bond donors (Lipinski definition) is 1. The Morgan fingerprint density at radius 1 is 0.913 bits per heavy atom. The second-order valence-corrected chi connectivity index (χ2v) is 7.36. The van der Waals surface area contributed by atoms with E-state index in [1.54, 1.807) is 0 Å². The average Bonchev–Trinajstić information content (AvgIpc) is 3.22. The molecule has 1 aromatic carbocycles. The Labute approximate surface area is 137 Å². The first kappa shape index (κ1) is 14.7. The lowest BCUT2D eigenvalue weighted by molar-refractivity contribution is -0.164. The van der Waals surface area contributed by atoms with Crippen LogP contribution in [0.25, 0.3) is 0 Å². The largest absolute Gasteiger partial charge is 0.340 e. The predicted octanol–water partition coefficient (Wildman–Crippen LogP) is 2.77. The van der Waals surface area contributed by atoms with Crippen LogP contribution in [-0.2, 0) is 16.1 Å². The summed E-state index contributed by atoms with van der Waals surface area (Å²) in [7, 11) is 0. The molecule has 2 spiro atoms. The van der Waals surface area contributed by atoms with Gasteiger partial charge in [0.05, 0.1) is 0 Å². The van der Waals surface area contributed by atoms with Crippen LogP contribution in [0.5, 0.6) is 0 Å². The van der Waals surface area contributed by atoms with E-state index in [9.17, 15) is 9.59 Å². The molecule has 122 valence electrons. The van der Waals surface area contributed by atoms with Crippen LogP contribution in [0.3, 0.4) is 0 Å². The number of hydrogen-bond acceptors (Lipinski definition) is 2. The first-order valence-electron chi connectivity index (χ1n) is 8.85. The predicted molar refractivity (Wildman–Crippen MR) is 87.5 cm³/mol. The number of carbonyl (C=O) groups is 2. The Morgan fingerprint density at radius 2 is 1.52 bits per heavy atom. The molecule has 4 nitrogen and oxygen atoms in total. The van der Waals surface area contributed by atoms with Crippen molar-refractivity contribution in [3.8, 4) is 0 Å². The number of nitrogens with zero attached hydrogens (tertiary/aromatic N) is 1. The van der Waals surface area contributed by atoms with E-state index in [-0.39, 0.29) is 11.8 Å². The SMILES string of the molecule is O=C1N(Cc2ccccc2)C2(CCCC2)C(=O)NC12CCCC2. The van der Waals surface area contributed by atoms with Crippen molar-refractivity contribution in [3.63, 3.8) is 0 Å². The fraction of sp³-hybridized carbons (Fsp3) is 0.579. The topological polar surface area (TPSA) is 49.4 Å². The van der Waals surface area contributed by atoms with E-state index in [0.29, 0.717) is 6.54 Å². The van der Waals surface area contributed by atoms with E-state index < -0.39 is 11.1 Å². The zero-order valence-corrected chi connectivity index (χ0v) is 13.5. The van der Waals surface area contributed by atoms with Crippen molar-refractivity contribution >= 4 is 11.8 Å². The highest BCUT2D eigenvalue weighted by molar-refractivity contribution is 6.02. The molecule has 3 fully saturated rings. The third-order valence-electron chi connectivity index (χ3n) is 6.02. The maximum Gasteiger partial charge on any atom is 0.249 e. The van der Waals surface area contributed by atoms with Gasteiger partial charge in [0.15, 0.2) is 0 Å². The molecule has 1 heterocycles. The fourth-order valence-corrected chi connectivity index (χ4v) is 4.73. The highest BCUT2D eigenvalue weighted by atomic mass is 16.2. The lowest BCUT2D eigenvalue weighted by Crippen LogP contribution is -2.74. The molecule has 1 saturated heterocycles. The summed E-state index contributed by atoms with van der Waals surface area (Å²) in [5.74, 6) is 0.243. The number of nitrogens with one attached hydrogen (secondary N) is 1. The standard InChI is InChI=1S/C19H24N2O2/c22-16-19(12-6-7-13-19)21(14-15-8-2-1-3-9-15)17(23)18(20-16)10-4-5-11-18/h1-3,8-9H,4-7,10-14H2,(H,20,22). The number of benzene rings is 1. The van der Waals surface area contributed by atoms with Crippen LogP contribution in [0.1, 0.15) is 56.9 Å². The number of amides is 2. The van der Waals surface area contributed by atoms with Gasteiger partial charge in [-0.3, -0.25) is 9.59 Å². The maximum absolute atomic E-state index is 13.4. The molecule has 1 aliphatic heterocycles. The van der Waals surface area contributed by atoms with Crippen molar-refractivity contribution in [1.82, 2.24) is 10.2 Å². The molecule has 2 saturated carbocycles. The molecular weight excluding hydrogens is 288 g/mol. The molecule has 23 heavy (non-hydrogen) atoms. The minimum atomic E-state index is -0.625. The molecule has 1 N–H and O–H groups in total. The average molecular weight is 312 g/mol. The van der Waals surface area contributed by atoms with Gasteiger partial charge in [-0.25, -0.2) is 0 Å². The van der Waals surface area contributed by atoms with Crippen LogP contribution < -0.4 is 5.32 Å². The van der Waals surface area contributed by atoms with Gasteiger partial charge >= 0.3 is 0 Å². The summed E-state index contributed by atoms with van der Waals surface area (Å²) in [5, 5.41) is 3.16. The van der Waals surface area contributed by atoms with Gasteiger partial charge in [-0.2, -0.15) is 0 Å². The maximum atomic E-state index is 13.4. The Morgan fingerprint density at radius 3 is 2.17 bits per heavy atom. The monoisotopic (exact) mass is 312 g/mol. The highest BCUT2D eigenvalue weighted by Gasteiger charge is 2.59. The van der Waals surface area contributed by atoms with Gasteiger partial charge < -0.3 is 10.2 Å². The molecule has 0 unspecified atom stereocenters. The highest BCUT2D eigenvalue weighted by Crippen LogP contribution is 2.44. The number of rotatable bonds is 2. The van der Waals surface area contributed by atoms with Crippen LogP contribution >= 0.6 is 0 Å². The molecular formula is C19H24N2O2. The van der Waals surface area contributed by atoms with Gasteiger partial charge in [-0.15, -0.1) is 0 Å². The van der Waals surface area contributed by atoms with Gasteiger partial charge in [0.25, 0.3) is 0 Å². The summed E-state index contributed by atoms with van der Waals surface area (Å²) in [6, 6.07) is 10.1. The molecule has 4 rings (SSSR count). The Hall–Kier alpha value is -1.84. The van der Waals surface area contributed by atoms with E-state index in [2.05, 4.69) is 5.32 Å². The second-order valence-electron chi connectivity index (χ2n) is 7.36. The Bertz CT molecular complexity index is 614. The summed E-state index contributed by atoms with van der Waals surface area (Å²) in [6.07, 6.45) is 7.28. The van der Waals surface area contributed by atoms with Gasteiger partial charge in [0, 0.05) is 6.54 Å². The summed E-state index contributed by atoms with van der Waals surface area (Å²) >= 11 is 0. The number of piperazine rings is 1. The van der Waals surface area contributed by atoms with Crippen molar-refractivity contribution in [3.05, 3.63) is 35.9 Å². The van der Waals surface area contributed by atoms with Crippen molar-refractivity contribution in [1.29, 1.82) is 0 Å². The van der Waals surface area contributed by atoms with Gasteiger partial charge in [-0.05, 0) is 31.2 Å². The third kappa shape index (κ3) is 2.19. The minimum Gasteiger partial charge on any atom is -0.340 e. The van der Waals surface area contributed by atoms with E-state index >= 15 is 0 Å². The number of carbonyl (C=O) groups excluding carboxylic acids is 2. The van der Waals surface area contributed by atoms with Gasteiger partial charge in [0.1, 0.15) is 11.1 Å². The van der Waals surface area contributed by atoms with Crippen molar-refractivity contribution in [2.75, 3.05) is 0 Å². The molecule has 1 aromatic rings. The molecule has 0 radical (unpaired) electrons. The molecule has 0 bridgehead atoms. The minimum absolute atomic E-state index is 0.0902. The summed E-state index contributed by atoms with van der Waals surface area (Å²) in [6.45, 7) is 0.550. The first-order valence-corrected chi connectivity index (χ1v) is 8.85. The zero-order chi connectivity index (χ0) is 15.9. The van der Waals surface area contributed by atoms with E-state index in [1.165, 1.54) is 0 Å². The van der Waals surface area contributed by atoms with E-state index in [4.69, 9.17) is 0 Å². The van der Waals surface area contributed by atoms with Crippen LogP contribution in [0.15, 0.2) is 30.3 Å². The summed E-state index contributed by atoms with van der Waals surface area (Å²) in [4.78, 5) is 28.3. The van der Waals surface area contributed by atoms with Crippen LogP contribution in [0.4, 0.5) is 0 Å². The molecule has 3 aliphatic rings. The Balaban J connectivity index is 1.72. The van der Waals surface area contributed by atoms with Crippen molar-refractivity contribution in [2.24, 2.45) is 0 Å². The summed E-state index contributed by atoms with van der Waals surface area (Å²) in [5.41, 5.74) is -0.129. The quantitative estimate of drug-likeness (QED) is 0.913. The van der Waals surface area contributed by atoms with Gasteiger partial charge in [0.2, 0.25) is 11.8 Å². The molecule has 0 atom stereocenters. The second kappa shape index (κ2) is 5.36. The van der Waals surface area contributed by atoms with Crippen molar-refractivity contribution in [2.45, 2.75) is 69.0 Å². The lowest BCUT2D eigenvalue weighted by atomic mass is 9.82. The normalized spacial score (nSPS) is 25.3. The molecule has 2 aliphatic carbocycles. The van der Waals surface area contributed by atoms with Crippen LogP contribution in [-0.4, -0.2) is 27.8 Å². The van der Waals surface area contributed by atoms with E-state index in [0.717, 1.165) is 56.9 Å². The molecule has 4 heteroatoms. The first-order chi connectivity index (χ1) is 11.2. The summed E-state index contributed by atoms with van der Waals surface area (Å²) < 4.78 is 0. The fourth-order valence-electron chi connectivity index (χ4n) is 4.73. The van der Waals surface area contributed by atoms with Crippen LogP contribution in [0.2, 0.25) is 0 Å². The van der Waals surface area contributed by atoms with Crippen molar-refractivity contribution < 1.29 is 9.59 Å². The smallest absolute Gasteiger partial charge is 0.249 e. The van der Waals surface area contributed by atoms with Crippen LogP contribution in [0, 0.1) is 0 Å². The zero-order valence-electron chi connectivity index (χ0n) is 13.5. The molecule has 0 aromatic heterocycles. The van der Waals surface area contributed by atoms with Gasteiger partial charge in [-0.1, -0.05) is 56.0 Å². The molecule has 2 amide bonds. The third-order valence-corrected chi connectivity index (χ3v) is 6.02. The Kier molecular flexibility index (Phi) is 3.43. The lowest BCUT2D eigenvalue weighted by Gasteiger charge is -2.50.